The topological polar surface area (TPSA) is 79.3 Å². The lowest BCUT2D eigenvalue weighted by atomic mass is 10.1. The number of carbonyl (C=O) groups excluding carboxylic acids is 2. The van der Waals surface area contributed by atoms with E-state index in [0.29, 0.717) is 6.54 Å². The minimum absolute atomic E-state index is 0. The van der Waals surface area contributed by atoms with Gasteiger partial charge in [0.1, 0.15) is 6.04 Å². The van der Waals surface area contributed by atoms with Crippen molar-refractivity contribution in [1.82, 2.24) is 15.1 Å². The SMILES string of the molecule is CNC(C(=O)Nc1ccc2c(c1)CCN2C(C)=O)c1cnn(C)c1.Cl. The summed E-state index contributed by atoms with van der Waals surface area (Å²) in [7, 11) is 3.56. The van der Waals surface area contributed by atoms with Crippen molar-refractivity contribution in [2.75, 3.05) is 23.8 Å². The van der Waals surface area contributed by atoms with Crippen LogP contribution in [-0.2, 0) is 23.1 Å². The Bertz CT molecular complexity index is 789. The lowest BCUT2D eigenvalue weighted by Gasteiger charge is -2.17. The summed E-state index contributed by atoms with van der Waals surface area (Å²) in [6, 6.07) is 5.18. The molecule has 1 aromatic heterocycles. The molecule has 0 fully saturated rings. The summed E-state index contributed by atoms with van der Waals surface area (Å²) in [5, 5.41) is 10.0. The van der Waals surface area contributed by atoms with Gasteiger partial charge in [-0.3, -0.25) is 14.3 Å². The standard InChI is InChI=1S/C17H21N5O2.ClH/c1-11(23)22-7-6-12-8-14(4-5-15(12)22)20-17(24)16(18-2)13-9-19-21(3)10-13;/h4-5,8-10,16,18H,6-7H2,1-3H3,(H,20,24);1H. The number of fused-ring (bicyclic) bond motifs is 1. The Balaban J connectivity index is 0.00000225. The summed E-state index contributed by atoms with van der Waals surface area (Å²) in [6.45, 7) is 2.26. The molecule has 2 heterocycles. The number of rotatable bonds is 4. The summed E-state index contributed by atoms with van der Waals surface area (Å²) in [5.74, 6) is -0.107. The first kappa shape index (κ1) is 19.0. The zero-order valence-electron chi connectivity index (χ0n) is 14.4. The van der Waals surface area contributed by atoms with Gasteiger partial charge in [0.2, 0.25) is 11.8 Å². The summed E-state index contributed by atoms with van der Waals surface area (Å²) in [6.07, 6.45) is 4.29. The van der Waals surface area contributed by atoms with Crippen LogP contribution in [-0.4, -0.2) is 35.2 Å². The molecule has 1 atom stereocenters. The van der Waals surface area contributed by atoms with Gasteiger partial charge in [-0.1, -0.05) is 0 Å². The average molecular weight is 364 g/mol. The molecule has 2 amide bonds. The van der Waals surface area contributed by atoms with Crippen LogP contribution in [0.2, 0.25) is 0 Å². The van der Waals surface area contributed by atoms with Gasteiger partial charge in [-0.05, 0) is 37.2 Å². The molecule has 25 heavy (non-hydrogen) atoms. The third-order valence-corrected chi connectivity index (χ3v) is 4.23. The van der Waals surface area contributed by atoms with Crippen LogP contribution in [0.15, 0.2) is 30.6 Å². The Morgan fingerprint density at radius 1 is 1.32 bits per heavy atom. The first-order valence-electron chi connectivity index (χ1n) is 7.87. The maximum atomic E-state index is 12.6. The molecule has 0 spiro atoms. The Hall–Kier alpha value is -2.38. The van der Waals surface area contributed by atoms with Gasteiger partial charge in [-0.15, -0.1) is 12.4 Å². The van der Waals surface area contributed by atoms with E-state index in [1.165, 1.54) is 0 Å². The third-order valence-electron chi connectivity index (χ3n) is 4.23. The zero-order valence-corrected chi connectivity index (χ0v) is 15.3. The number of amides is 2. The average Bonchev–Trinajstić information content (AvgIpc) is 3.14. The van der Waals surface area contributed by atoms with Gasteiger partial charge in [0.15, 0.2) is 0 Å². The summed E-state index contributed by atoms with van der Waals surface area (Å²) in [5.41, 5.74) is 3.54. The number of carbonyl (C=O) groups is 2. The van der Waals surface area contributed by atoms with Gasteiger partial charge < -0.3 is 15.5 Å². The summed E-state index contributed by atoms with van der Waals surface area (Å²) in [4.78, 5) is 25.9. The minimum atomic E-state index is -0.472. The van der Waals surface area contributed by atoms with Gasteiger partial charge in [-0.2, -0.15) is 5.10 Å². The molecule has 1 aliphatic rings. The van der Waals surface area contributed by atoms with E-state index in [1.54, 1.807) is 29.7 Å². The molecular formula is C17H22ClN5O2. The van der Waals surface area contributed by atoms with E-state index in [0.717, 1.165) is 28.9 Å². The van der Waals surface area contributed by atoms with Crippen LogP contribution in [0.1, 0.15) is 24.1 Å². The number of benzene rings is 1. The smallest absolute Gasteiger partial charge is 0.246 e. The van der Waals surface area contributed by atoms with Crippen LogP contribution < -0.4 is 15.5 Å². The van der Waals surface area contributed by atoms with E-state index in [9.17, 15) is 9.59 Å². The number of aromatic nitrogens is 2. The Labute approximate surface area is 152 Å². The predicted molar refractivity (Wildman–Crippen MR) is 99.1 cm³/mol. The molecule has 1 aromatic carbocycles. The fraction of sp³-hybridized carbons (Fsp3) is 0.353. The fourth-order valence-corrected chi connectivity index (χ4v) is 3.06. The van der Waals surface area contributed by atoms with E-state index < -0.39 is 6.04 Å². The van der Waals surface area contributed by atoms with Crippen LogP contribution in [0.4, 0.5) is 11.4 Å². The predicted octanol–water partition coefficient (Wildman–Crippen LogP) is 1.65. The highest BCUT2D eigenvalue weighted by molar-refractivity contribution is 5.97. The second-order valence-electron chi connectivity index (χ2n) is 5.92. The van der Waals surface area contributed by atoms with Crippen LogP contribution in [0.25, 0.3) is 0 Å². The van der Waals surface area contributed by atoms with Crippen LogP contribution in [0.5, 0.6) is 0 Å². The van der Waals surface area contributed by atoms with Crippen molar-refractivity contribution in [2.24, 2.45) is 7.05 Å². The molecule has 3 rings (SSSR count). The number of anilines is 2. The largest absolute Gasteiger partial charge is 0.324 e. The number of likely N-dealkylation sites (N-methyl/N-ethyl adjacent to an activating group) is 1. The van der Waals surface area contributed by atoms with Crippen molar-refractivity contribution in [3.05, 3.63) is 41.7 Å². The number of halogens is 1. The first-order chi connectivity index (χ1) is 11.5. The molecule has 1 aliphatic heterocycles. The zero-order chi connectivity index (χ0) is 17.3. The minimum Gasteiger partial charge on any atom is -0.324 e. The van der Waals surface area contributed by atoms with Crippen LogP contribution in [0, 0.1) is 0 Å². The molecule has 1 unspecified atom stereocenters. The Morgan fingerprint density at radius 3 is 2.68 bits per heavy atom. The lowest BCUT2D eigenvalue weighted by molar-refractivity contribution is -0.118. The highest BCUT2D eigenvalue weighted by Crippen LogP contribution is 2.30. The van der Waals surface area contributed by atoms with Gasteiger partial charge in [0, 0.05) is 43.7 Å². The van der Waals surface area contributed by atoms with E-state index in [4.69, 9.17) is 0 Å². The van der Waals surface area contributed by atoms with Gasteiger partial charge in [0.25, 0.3) is 0 Å². The molecular weight excluding hydrogens is 342 g/mol. The van der Waals surface area contributed by atoms with E-state index >= 15 is 0 Å². The maximum Gasteiger partial charge on any atom is 0.246 e. The molecule has 8 heteroatoms. The monoisotopic (exact) mass is 363 g/mol. The van der Waals surface area contributed by atoms with E-state index in [1.807, 2.05) is 31.4 Å². The van der Waals surface area contributed by atoms with Crippen LogP contribution in [0.3, 0.4) is 0 Å². The van der Waals surface area contributed by atoms with Crippen molar-refractivity contribution >= 4 is 35.6 Å². The summed E-state index contributed by atoms with van der Waals surface area (Å²) < 4.78 is 1.67. The number of hydrogen-bond donors (Lipinski definition) is 2. The third kappa shape index (κ3) is 3.83. The second-order valence-corrected chi connectivity index (χ2v) is 5.92. The van der Waals surface area contributed by atoms with Crippen LogP contribution >= 0.6 is 12.4 Å². The number of hydrogen-bond acceptors (Lipinski definition) is 4. The molecule has 0 saturated carbocycles. The molecule has 0 radical (unpaired) electrons. The number of nitrogens with one attached hydrogen (secondary N) is 2. The van der Waals surface area contributed by atoms with Crippen molar-refractivity contribution in [1.29, 1.82) is 0 Å². The molecule has 0 bridgehead atoms. The maximum absolute atomic E-state index is 12.6. The number of aryl methyl sites for hydroxylation is 1. The molecule has 0 aliphatic carbocycles. The Kier molecular flexibility index (Phi) is 5.81. The van der Waals surface area contributed by atoms with Crippen molar-refractivity contribution < 1.29 is 9.59 Å². The summed E-state index contributed by atoms with van der Waals surface area (Å²) >= 11 is 0. The molecule has 2 N–H and O–H groups in total. The highest BCUT2D eigenvalue weighted by atomic mass is 35.5. The Morgan fingerprint density at radius 2 is 2.08 bits per heavy atom. The van der Waals surface area contributed by atoms with E-state index in [-0.39, 0.29) is 24.2 Å². The molecule has 2 aromatic rings. The van der Waals surface area contributed by atoms with E-state index in [2.05, 4.69) is 15.7 Å². The van der Waals surface area contributed by atoms with Crippen molar-refractivity contribution in [3.8, 4) is 0 Å². The van der Waals surface area contributed by atoms with Gasteiger partial charge in [0.05, 0.1) is 6.20 Å². The molecule has 0 saturated heterocycles. The highest BCUT2D eigenvalue weighted by Gasteiger charge is 2.24. The van der Waals surface area contributed by atoms with Crippen molar-refractivity contribution in [3.63, 3.8) is 0 Å². The van der Waals surface area contributed by atoms with Gasteiger partial charge >= 0.3 is 0 Å². The molecule has 7 nitrogen and oxygen atoms in total. The number of nitrogens with zero attached hydrogens (tertiary/aromatic N) is 3. The first-order valence-corrected chi connectivity index (χ1v) is 7.87. The lowest BCUT2D eigenvalue weighted by Crippen LogP contribution is -2.30. The van der Waals surface area contributed by atoms with Gasteiger partial charge in [-0.25, -0.2) is 0 Å². The normalized spacial score (nSPS) is 13.8. The molecule has 134 valence electrons. The quantitative estimate of drug-likeness (QED) is 0.865. The van der Waals surface area contributed by atoms with Crippen molar-refractivity contribution in [2.45, 2.75) is 19.4 Å². The second kappa shape index (κ2) is 7.67. The fourth-order valence-electron chi connectivity index (χ4n) is 3.06.